The van der Waals surface area contributed by atoms with Crippen LogP contribution in [-0.2, 0) is 11.3 Å². The maximum absolute atomic E-state index is 11.3. The van der Waals surface area contributed by atoms with Gasteiger partial charge in [-0.25, -0.2) is 0 Å². The summed E-state index contributed by atoms with van der Waals surface area (Å²) in [6.45, 7) is 4.32. The number of piperidine rings is 1. The Morgan fingerprint density at radius 3 is 2.79 bits per heavy atom. The summed E-state index contributed by atoms with van der Waals surface area (Å²) in [5.74, 6) is 0.212. The second-order valence-corrected chi connectivity index (χ2v) is 6.57. The first-order chi connectivity index (χ1) is 11.6. The molecule has 0 amide bonds. The number of H-pyrrole nitrogens is 1. The number of likely N-dealkylation sites (tertiary alicyclic amines) is 1. The predicted molar refractivity (Wildman–Crippen MR) is 90.8 cm³/mol. The highest BCUT2D eigenvalue weighted by Gasteiger charge is 2.29. The van der Waals surface area contributed by atoms with E-state index in [9.17, 15) is 9.90 Å². The third kappa shape index (κ3) is 3.59. The van der Waals surface area contributed by atoms with Crippen LogP contribution in [0.15, 0.2) is 30.5 Å². The van der Waals surface area contributed by atoms with Crippen molar-refractivity contribution >= 4 is 5.97 Å². The lowest BCUT2D eigenvalue weighted by atomic mass is 9.90. The molecule has 3 rings (SSSR count). The van der Waals surface area contributed by atoms with Crippen molar-refractivity contribution in [2.75, 3.05) is 20.2 Å². The number of hydrogen-bond acceptors (Lipinski definition) is 4. The third-order valence-electron chi connectivity index (χ3n) is 4.58. The van der Waals surface area contributed by atoms with Crippen LogP contribution in [0.3, 0.4) is 0 Å². The summed E-state index contributed by atoms with van der Waals surface area (Å²) in [7, 11) is 1.65. The number of carboxylic acids is 1. The van der Waals surface area contributed by atoms with Crippen molar-refractivity contribution in [1.29, 1.82) is 0 Å². The molecule has 1 saturated heterocycles. The molecule has 6 heteroatoms. The van der Waals surface area contributed by atoms with Crippen LogP contribution in [0.4, 0.5) is 0 Å². The van der Waals surface area contributed by atoms with E-state index in [0.29, 0.717) is 19.0 Å². The highest BCUT2D eigenvalue weighted by molar-refractivity contribution is 5.70. The van der Waals surface area contributed by atoms with Gasteiger partial charge < -0.3 is 9.84 Å². The zero-order valence-corrected chi connectivity index (χ0v) is 14.0. The number of carbonyl (C=O) groups is 1. The maximum atomic E-state index is 11.3. The van der Waals surface area contributed by atoms with E-state index in [1.165, 1.54) is 0 Å². The van der Waals surface area contributed by atoms with Gasteiger partial charge in [-0.05, 0) is 36.6 Å². The highest BCUT2D eigenvalue weighted by atomic mass is 16.5. The molecule has 1 aromatic heterocycles. The summed E-state index contributed by atoms with van der Waals surface area (Å²) in [4.78, 5) is 13.6. The molecule has 2 unspecified atom stereocenters. The number of hydrogen-bond donors (Lipinski definition) is 2. The van der Waals surface area contributed by atoms with Gasteiger partial charge in [-0.3, -0.25) is 14.8 Å². The fraction of sp³-hybridized carbons (Fsp3) is 0.444. The summed E-state index contributed by atoms with van der Waals surface area (Å²) in [6, 6.07) is 7.83. The van der Waals surface area contributed by atoms with Gasteiger partial charge in [0.15, 0.2) is 0 Å². The Balaban J connectivity index is 1.76. The standard InChI is InChI=1S/C18H23N3O3/c1-12-7-14(18(22)23)10-21(9-12)11-15-8-19-20-17(15)13-3-5-16(24-2)6-4-13/h3-6,8,12,14H,7,9-11H2,1-2H3,(H,19,20)(H,22,23). The molecule has 1 fully saturated rings. The lowest BCUT2D eigenvalue weighted by Gasteiger charge is -2.34. The zero-order valence-electron chi connectivity index (χ0n) is 14.0. The van der Waals surface area contributed by atoms with Gasteiger partial charge in [0.2, 0.25) is 0 Å². The van der Waals surface area contributed by atoms with Gasteiger partial charge in [-0.1, -0.05) is 6.92 Å². The number of rotatable bonds is 5. The first kappa shape index (κ1) is 16.5. The van der Waals surface area contributed by atoms with Crippen LogP contribution < -0.4 is 4.74 Å². The van der Waals surface area contributed by atoms with Crippen LogP contribution >= 0.6 is 0 Å². The van der Waals surface area contributed by atoms with Crippen molar-refractivity contribution in [3.05, 3.63) is 36.0 Å². The number of benzene rings is 1. The number of methoxy groups -OCH3 is 1. The van der Waals surface area contributed by atoms with E-state index >= 15 is 0 Å². The number of nitrogens with zero attached hydrogens (tertiary/aromatic N) is 2. The Labute approximate surface area is 141 Å². The molecule has 0 saturated carbocycles. The Kier molecular flexibility index (Phi) is 4.85. The van der Waals surface area contributed by atoms with Crippen LogP contribution in [0.25, 0.3) is 11.3 Å². The number of aromatic amines is 1. The number of carboxylic acid groups (broad SMARTS) is 1. The number of ether oxygens (including phenoxy) is 1. The van der Waals surface area contributed by atoms with Gasteiger partial charge in [-0.2, -0.15) is 5.10 Å². The Morgan fingerprint density at radius 1 is 1.38 bits per heavy atom. The second-order valence-electron chi connectivity index (χ2n) is 6.57. The third-order valence-corrected chi connectivity index (χ3v) is 4.58. The highest BCUT2D eigenvalue weighted by Crippen LogP contribution is 2.27. The fourth-order valence-electron chi connectivity index (χ4n) is 3.45. The summed E-state index contributed by atoms with van der Waals surface area (Å²) in [6.07, 6.45) is 2.58. The van der Waals surface area contributed by atoms with Gasteiger partial charge in [0.1, 0.15) is 5.75 Å². The monoisotopic (exact) mass is 329 g/mol. The van der Waals surface area contributed by atoms with Crippen LogP contribution in [0.1, 0.15) is 18.9 Å². The number of nitrogens with one attached hydrogen (secondary N) is 1. The molecule has 0 bridgehead atoms. The van der Waals surface area contributed by atoms with E-state index < -0.39 is 5.97 Å². The molecule has 2 atom stereocenters. The normalized spacial score (nSPS) is 21.6. The lowest BCUT2D eigenvalue weighted by molar-refractivity contribution is -0.144. The van der Waals surface area contributed by atoms with Gasteiger partial charge in [0.05, 0.1) is 24.9 Å². The molecule has 6 nitrogen and oxygen atoms in total. The van der Waals surface area contributed by atoms with Crippen molar-refractivity contribution in [1.82, 2.24) is 15.1 Å². The van der Waals surface area contributed by atoms with Crippen molar-refractivity contribution in [3.8, 4) is 17.0 Å². The average Bonchev–Trinajstić information content (AvgIpc) is 3.02. The molecule has 2 heterocycles. The smallest absolute Gasteiger partial charge is 0.307 e. The minimum Gasteiger partial charge on any atom is -0.497 e. The predicted octanol–water partition coefficient (Wildman–Crippen LogP) is 2.63. The van der Waals surface area contributed by atoms with Crippen LogP contribution in [0.5, 0.6) is 5.75 Å². The molecule has 0 aliphatic carbocycles. The average molecular weight is 329 g/mol. The first-order valence-corrected chi connectivity index (χ1v) is 8.18. The van der Waals surface area contributed by atoms with Gasteiger partial charge in [-0.15, -0.1) is 0 Å². The maximum Gasteiger partial charge on any atom is 0.307 e. The SMILES string of the molecule is COc1ccc(-c2[nH]ncc2CN2CC(C)CC(C(=O)O)C2)cc1. The number of aliphatic carboxylic acids is 1. The summed E-state index contributed by atoms with van der Waals surface area (Å²) in [5, 5.41) is 16.6. The van der Waals surface area contributed by atoms with Crippen molar-refractivity contribution in [2.24, 2.45) is 11.8 Å². The van der Waals surface area contributed by atoms with E-state index in [1.54, 1.807) is 7.11 Å². The van der Waals surface area contributed by atoms with Crippen LogP contribution in [0.2, 0.25) is 0 Å². The van der Waals surface area contributed by atoms with Crippen molar-refractivity contribution in [3.63, 3.8) is 0 Å². The quantitative estimate of drug-likeness (QED) is 0.881. The molecule has 0 radical (unpaired) electrons. The van der Waals surface area contributed by atoms with Gasteiger partial charge >= 0.3 is 5.97 Å². The molecule has 1 aliphatic heterocycles. The number of aromatic nitrogens is 2. The van der Waals surface area contributed by atoms with Crippen LogP contribution in [-0.4, -0.2) is 46.4 Å². The molecular formula is C18H23N3O3. The van der Waals surface area contributed by atoms with Crippen molar-refractivity contribution < 1.29 is 14.6 Å². The van der Waals surface area contributed by atoms with Gasteiger partial charge in [0, 0.05) is 30.8 Å². The van der Waals surface area contributed by atoms with E-state index in [2.05, 4.69) is 22.0 Å². The van der Waals surface area contributed by atoms with Crippen LogP contribution in [0, 0.1) is 11.8 Å². The minimum absolute atomic E-state index is 0.287. The fourth-order valence-corrected chi connectivity index (χ4v) is 3.45. The first-order valence-electron chi connectivity index (χ1n) is 8.18. The van der Waals surface area contributed by atoms with Crippen molar-refractivity contribution in [2.45, 2.75) is 19.9 Å². The van der Waals surface area contributed by atoms with E-state index in [-0.39, 0.29) is 5.92 Å². The molecule has 1 aliphatic rings. The largest absolute Gasteiger partial charge is 0.497 e. The Hall–Kier alpha value is -2.34. The molecule has 128 valence electrons. The molecule has 2 aromatic rings. The summed E-state index contributed by atoms with van der Waals surface area (Å²) in [5.41, 5.74) is 3.10. The Bertz CT molecular complexity index is 696. The summed E-state index contributed by atoms with van der Waals surface area (Å²) >= 11 is 0. The summed E-state index contributed by atoms with van der Waals surface area (Å²) < 4.78 is 5.19. The molecule has 24 heavy (non-hydrogen) atoms. The zero-order chi connectivity index (χ0) is 17.1. The molecule has 1 aromatic carbocycles. The molecular weight excluding hydrogens is 306 g/mol. The second kappa shape index (κ2) is 7.05. The van der Waals surface area contributed by atoms with E-state index in [4.69, 9.17) is 4.74 Å². The Morgan fingerprint density at radius 2 is 2.12 bits per heavy atom. The van der Waals surface area contributed by atoms with Gasteiger partial charge in [0.25, 0.3) is 0 Å². The van der Waals surface area contributed by atoms with E-state index in [1.807, 2.05) is 30.5 Å². The molecule has 2 N–H and O–H groups in total. The lowest BCUT2D eigenvalue weighted by Crippen LogP contribution is -2.41. The topological polar surface area (TPSA) is 78.5 Å². The van der Waals surface area contributed by atoms with E-state index in [0.717, 1.165) is 35.5 Å². The minimum atomic E-state index is -0.700. The molecule has 0 spiro atoms.